The third-order valence-corrected chi connectivity index (χ3v) is 3.09. The summed E-state index contributed by atoms with van der Waals surface area (Å²) in [5.74, 6) is 0. The van der Waals surface area contributed by atoms with Gasteiger partial charge in [-0.25, -0.2) is 0 Å². The zero-order valence-electron chi connectivity index (χ0n) is 11.5. The van der Waals surface area contributed by atoms with Crippen LogP contribution in [0.1, 0.15) is 45.3 Å². The second-order valence-corrected chi connectivity index (χ2v) is 4.37. The Hall–Kier alpha value is -1.09. The molecule has 1 N–H and O–H groups in total. The number of pyridine rings is 1. The summed E-state index contributed by atoms with van der Waals surface area (Å²) in [6.45, 7) is 8.59. The van der Waals surface area contributed by atoms with E-state index >= 15 is 0 Å². The molecule has 0 spiro atoms. The van der Waals surface area contributed by atoms with Gasteiger partial charge in [-0.15, -0.1) is 0 Å². The van der Waals surface area contributed by atoms with Gasteiger partial charge in [0.05, 0.1) is 17.6 Å². The van der Waals surface area contributed by atoms with E-state index in [0.29, 0.717) is 6.04 Å². The van der Waals surface area contributed by atoms with Crippen molar-refractivity contribution in [2.45, 2.75) is 39.7 Å². The fraction of sp³-hybridized carbons (Fsp3) is 0.643. The molecule has 1 aromatic rings. The largest absolute Gasteiger partial charge is 0.374 e. The van der Waals surface area contributed by atoms with Gasteiger partial charge in [0.25, 0.3) is 0 Å². The van der Waals surface area contributed by atoms with Crippen molar-refractivity contribution in [3.05, 3.63) is 24.0 Å². The summed E-state index contributed by atoms with van der Waals surface area (Å²) in [5, 5.41) is 3.52. The molecule has 96 valence electrons. The zero-order chi connectivity index (χ0) is 12.7. The molecule has 0 aliphatic rings. The minimum atomic E-state index is 0.385. The van der Waals surface area contributed by atoms with Gasteiger partial charge in [0.1, 0.15) is 0 Å². The van der Waals surface area contributed by atoms with Gasteiger partial charge in [-0.05, 0) is 38.4 Å². The standard InChI is InChI=1S/C14H25N3/c1-5-10-15-13(6-2)14-9-8-12(11-16-14)17(4)7-3/h8-9,11,13,15H,5-7,10H2,1-4H3. The van der Waals surface area contributed by atoms with Gasteiger partial charge in [0, 0.05) is 19.6 Å². The number of aromatic nitrogens is 1. The quantitative estimate of drug-likeness (QED) is 0.787. The van der Waals surface area contributed by atoms with E-state index < -0.39 is 0 Å². The maximum absolute atomic E-state index is 4.57. The molecular weight excluding hydrogens is 210 g/mol. The van der Waals surface area contributed by atoms with Gasteiger partial charge < -0.3 is 10.2 Å². The lowest BCUT2D eigenvalue weighted by Gasteiger charge is -2.19. The van der Waals surface area contributed by atoms with Crippen LogP contribution >= 0.6 is 0 Å². The number of anilines is 1. The number of hydrogen-bond acceptors (Lipinski definition) is 3. The summed E-state index contributed by atoms with van der Waals surface area (Å²) in [4.78, 5) is 6.76. The molecule has 1 atom stereocenters. The summed E-state index contributed by atoms with van der Waals surface area (Å²) in [5.41, 5.74) is 2.33. The maximum Gasteiger partial charge on any atom is 0.0574 e. The van der Waals surface area contributed by atoms with Crippen molar-refractivity contribution in [1.82, 2.24) is 10.3 Å². The summed E-state index contributed by atoms with van der Waals surface area (Å²) in [7, 11) is 2.09. The Balaban J connectivity index is 2.70. The Kier molecular flexibility index (Phi) is 5.98. The molecule has 0 aromatic carbocycles. The van der Waals surface area contributed by atoms with Gasteiger partial charge in [-0.3, -0.25) is 4.98 Å². The van der Waals surface area contributed by atoms with Crippen LogP contribution in [0.3, 0.4) is 0 Å². The van der Waals surface area contributed by atoms with Crippen LogP contribution in [0.25, 0.3) is 0 Å². The third kappa shape index (κ3) is 4.00. The molecule has 1 unspecified atom stereocenters. The molecule has 1 rings (SSSR count). The van der Waals surface area contributed by atoms with Gasteiger partial charge in [-0.1, -0.05) is 13.8 Å². The molecule has 0 saturated heterocycles. The lowest BCUT2D eigenvalue weighted by molar-refractivity contribution is 0.507. The van der Waals surface area contributed by atoms with Crippen LogP contribution in [0.15, 0.2) is 18.3 Å². The topological polar surface area (TPSA) is 28.2 Å². The molecule has 17 heavy (non-hydrogen) atoms. The first-order valence-electron chi connectivity index (χ1n) is 6.63. The van der Waals surface area contributed by atoms with E-state index in [1.807, 2.05) is 6.20 Å². The SMILES string of the molecule is CCCNC(CC)c1ccc(N(C)CC)cn1. The normalized spacial score (nSPS) is 12.5. The second kappa shape index (κ2) is 7.28. The molecule has 0 fully saturated rings. The highest BCUT2D eigenvalue weighted by Crippen LogP contribution is 2.17. The lowest BCUT2D eigenvalue weighted by atomic mass is 10.1. The summed E-state index contributed by atoms with van der Waals surface area (Å²) >= 11 is 0. The van der Waals surface area contributed by atoms with Crippen LogP contribution in [0, 0.1) is 0 Å². The van der Waals surface area contributed by atoms with Crippen LogP contribution in [0.5, 0.6) is 0 Å². The van der Waals surface area contributed by atoms with Crippen molar-refractivity contribution in [1.29, 1.82) is 0 Å². The Morgan fingerprint density at radius 1 is 1.29 bits per heavy atom. The number of nitrogens with one attached hydrogen (secondary N) is 1. The molecule has 1 heterocycles. The van der Waals surface area contributed by atoms with Gasteiger partial charge >= 0.3 is 0 Å². The predicted octanol–water partition coefficient (Wildman–Crippen LogP) is 2.99. The molecule has 0 amide bonds. The van der Waals surface area contributed by atoms with Gasteiger partial charge in [0.15, 0.2) is 0 Å². The number of nitrogens with zero attached hydrogens (tertiary/aromatic N) is 2. The van der Waals surface area contributed by atoms with Crippen molar-refractivity contribution < 1.29 is 0 Å². The fourth-order valence-electron chi connectivity index (χ4n) is 1.79. The molecule has 0 radical (unpaired) electrons. The highest BCUT2D eigenvalue weighted by atomic mass is 15.1. The van der Waals surface area contributed by atoms with Crippen LogP contribution in [0.4, 0.5) is 5.69 Å². The van der Waals surface area contributed by atoms with E-state index in [-0.39, 0.29) is 0 Å². The van der Waals surface area contributed by atoms with Crippen LogP contribution < -0.4 is 10.2 Å². The Morgan fingerprint density at radius 3 is 2.53 bits per heavy atom. The predicted molar refractivity (Wildman–Crippen MR) is 74.5 cm³/mol. The molecule has 3 heteroatoms. The first-order valence-corrected chi connectivity index (χ1v) is 6.63. The maximum atomic E-state index is 4.57. The molecule has 0 aliphatic carbocycles. The van der Waals surface area contributed by atoms with Gasteiger partial charge in [-0.2, -0.15) is 0 Å². The smallest absolute Gasteiger partial charge is 0.0574 e. The van der Waals surface area contributed by atoms with Crippen molar-refractivity contribution in [3.8, 4) is 0 Å². The summed E-state index contributed by atoms with van der Waals surface area (Å²) in [6.07, 6.45) is 4.21. The molecular formula is C14H25N3. The highest BCUT2D eigenvalue weighted by Gasteiger charge is 2.09. The van der Waals surface area contributed by atoms with E-state index in [0.717, 1.165) is 31.6 Å². The molecule has 0 saturated carbocycles. The molecule has 1 aromatic heterocycles. The van der Waals surface area contributed by atoms with E-state index in [9.17, 15) is 0 Å². The van der Waals surface area contributed by atoms with E-state index in [1.165, 1.54) is 5.69 Å². The Morgan fingerprint density at radius 2 is 2.06 bits per heavy atom. The van der Waals surface area contributed by atoms with Crippen LogP contribution in [0.2, 0.25) is 0 Å². The Labute approximate surface area is 105 Å². The van der Waals surface area contributed by atoms with Crippen LogP contribution in [-0.4, -0.2) is 25.1 Å². The van der Waals surface area contributed by atoms with Gasteiger partial charge in [0.2, 0.25) is 0 Å². The highest BCUT2D eigenvalue weighted by molar-refractivity contribution is 5.43. The first kappa shape index (κ1) is 14.0. The first-order chi connectivity index (χ1) is 8.22. The van der Waals surface area contributed by atoms with Crippen molar-refractivity contribution in [2.24, 2.45) is 0 Å². The third-order valence-electron chi connectivity index (χ3n) is 3.09. The van der Waals surface area contributed by atoms with Crippen molar-refractivity contribution in [3.63, 3.8) is 0 Å². The van der Waals surface area contributed by atoms with E-state index in [4.69, 9.17) is 0 Å². The second-order valence-electron chi connectivity index (χ2n) is 4.37. The minimum Gasteiger partial charge on any atom is -0.374 e. The average Bonchev–Trinajstić information content (AvgIpc) is 2.39. The number of rotatable bonds is 7. The molecule has 0 aliphatic heterocycles. The number of hydrogen-bond donors (Lipinski definition) is 1. The summed E-state index contributed by atoms with van der Waals surface area (Å²) < 4.78 is 0. The van der Waals surface area contributed by atoms with Crippen LogP contribution in [-0.2, 0) is 0 Å². The molecule has 3 nitrogen and oxygen atoms in total. The van der Waals surface area contributed by atoms with E-state index in [1.54, 1.807) is 0 Å². The average molecular weight is 235 g/mol. The minimum absolute atomic E-state index is 0.385. The Bertz CT molecular complexity index is 308. The fourth-order valence-corrected chi connectivity index (χ4v) is 1.79. The van der Waals surface area contributed by atoms with Crippen molar-refractivity contribution in [2.75, 3.05) is 25.0 Å². The lowest BCUT2D eigenvalue weighted by Crippen LogP contribution is -2.22. The molecule has 0 bridgehead atoms. The monoisotopic (exact) mass is 235 g/mol. The summed E-state index contributed by atoms with van der Waals surface area (Å²) in [6, 6.07) is 4.68. The van der Waals surface area contributed by atoms with Crippen molar-refractivity contribution >= 4 is 5.69 Å². The zero-order valence-corrected chi connectivity index (χ0v) is 11.5. The van der Waals surface area contributed by atoms with E-state index in [2.05, 4.69) is 55.2 Å².